The number of benzene rings is 2. The summed E-state index contributed by atoms with van der Waals surface area (Å²) < 4.78 is 17.2. The highest BCUT2D eigenvalue weighted by molar-refractivity contribution is 5.68. The van der Waals surface area contributed by atoms with Crippen molar-refractivity contribution in [3.63, 3.8) is 0 Å². The SMILES string of the molecule is C/C(=C\COc1ccccc1Cc1c(C)noc1-c1ccc(-c2ccco2)cc1)CCC(=O)O. The molecule has 2 heterocycles. The lowest BCUT2D eigenvalue weighted by Gasteiger charge is -2.11. The van der Waals surface area contributed by atoms with Gasteiger partial charge in [0.15, 0.2) is 5.76 Å². The zero-order valence-corrected chi connectivity index (χ0v) is 19.3. The number of carbonyl (C=O) groups is 1. The van der Waals surface area contributed by atoms with Crippen molar-refractivity contribution in [1.82, 2.24) is 5.16 Å². The molecule has 34 heavy (non-hydrogen) atoms. The Labute approximate surface area is 198 Å². The third-order valence-electron chi connectivity index (χ3n) is 5.68. The number of allylic oxidation sites excluding steroid dienone is 1. The van der Waals surface area contributed by atoms with Gasteiger partial charge in [-0.15, -0.1) is 0 Å². The Bertz CT molecular complexity index is 1270. The standard InChI is InChI=1S/C28H27NO5/c1-19(9-14-27(30)31)15-17-33-26-7-4-3-6-23(26)18-24-20(2)29-34-28(24)22-12-10-21(11-13-22)25-8-5-16-32-25/h3-8,10-13,15-16H,9,14,17-18H2,1-2H3,(H,30,31)/b19-15+. The summed E-state index contributed by atoms with van der Waals surface area (Å²) in [5.41, 5.74) is 5.81. The van der Waals surface area contributed by atoms with Crippen molar-refractivity contribution < 1.29 is 23.6 Å². The molecule has 4 aromatic rings. The van der Waals surface area contributed by atoms with Gasteiger partial charge in [0.1, 0.15) is 18.1 Å². The number of carboxylic acids is 1. The van der Waals surface area contributed by atoms with E-state index in [1.165, 1.54) is 0 Å². The molecule has 0 spiro atoms. The van der Waals surface area contributed by atoms with E-state index in [0.29, 0.717) is 19.4 Å². The van der Waals surface area contributed by atoms with Crippen LogP contribution < -0.4 is 4.74 Å². The fraction of sp³-hybridized carbons (Fsp3) is 0.214. The number of rotatable bonds is 10. The van der Waals surface area contributed by atoms with Gasteiger partial charge in [-0.3, -0.25) is 4.79 Å². The normalized spacial score (nSPS) is 11.5. The maximum Gasteiger partial charge on any atom is 0.303 e. The van der Waals surface area contributed by atoms with E-state index >= 15 is 0 Å². The van der Waals surface area contributed by atoms with E-state index in [1.807, 2.05) is 80.6 Å². The predicted octanol–water partition coefficient (Wildman–Crippen LogP) is 6.69. The zero-order valence-electron chi connectivity index (χ0n) is 19.3. The summed E-state index contributed by atoms with van der Waals surface area (Å²) in [4.78, 5) is 10.7. The first kappa shape index (κ1) is 23.1. The molecule has 0 aliphatic carbocycles. The maximum atomic E-state index is 10.7. The molecule has 0 amide bonds. The van der Waals surface area contributed by atoms with Crippen LogP contribution in [0.1, 0.15) is 36.6 Å². The molecule has 0 aliphatic rings. The van der Waals surface area contributed by atoms with E-state index in [9.17, 15) is 4.79 Å². The first-order valence-corrected chi connectivity index (χ1v) is 11.2. The Balaban J connectivity index is 1.50. The zero-order chi connectivity index (χ0) is 23.9. The highest BCUT2D eigenvalue weighted by Gasteiger charge is 2.17. The van der Waals surface area contributed by atoms with Crippen LogP contribution in [0.2, 0.25) is 0 Å². The molecule has 6 nitrogen and oxygen atoms in total. The molecule has 0 saturated heterocycles. The number of ether oxygens (including phenoxy) is 1. The van der Waals surface area contributed by atoms with Crippen molar-refractivity contribution >= 4 is 5.97 Å². The maximum absolute atomic E-state index is 10.7. The molecule has 0 radical (unpaired) electrons. The first-order valence-electron chi connectivity index (χ1n) is 11.2. The molecule has 4 rings (SSSR count). The van der Waals surface area contributed by atoms with Crippen LogP contribution in [0.3, 0.4) is 0 Å². The molecule has 1 N–H and O–H groups in total. The number of nitrogens with zero attached hydrogens (tertiary/aromatic N) is 1. The first-order chi connectivity index (χ1) is 16.5. The van der Waals surface area contributed by atoms with Crippen LogP contribution in [-0.4, -0.2) is 22.8 Å². The van der Waals surface area contributed by atoms with E-state index < -0.39 is 5.97 Å². The smallest absolute Gasteiger partial charge is 0.303 e. The van der Waals surface area contributed by atoms with Crippen molar-refractivity contribution in [2.24, 2.45) is 0 Å². The van der Waals surface area contributed by atoms with Gasteiger partial charge in [-0.2, -0.15) is 0 Å². The average Bonchev–Trinajstić information content (AvgIpc) is 3.50. The Morgan fingerprint density at radius 1 is 1.03 bits per heavy atom. The van der Waals surface area contributed by atoms with Crippen molar-refractivity contribution in [2.45, 2.75) is 33.1 Å². The van der Waals surface area contributed by atoms with E-state index in [1.54, 1.807) is 6.26 Å². The number of hydrogen-bond donors (Lipinski definition) is 1. The van der Waals surface area contributed by atoms with Gasteiger partial charge in [0.25, 0.3) is 0 Å². The third kappa shape index (κ3) is 5.64. The van der Waals surface area contributed by atoms with Gasteiger partial charge in [-0.1, -0.05) is 53.2 Å². The van der Waals surface area contributed by atoms with E-state index in [4.69, 9.17) is 18.8 Å². The fourth-order valence-corrected chi connectivity index (χ4v) is 3.71. The van der Waals surface area contributed by atoms with Gasteiger partial charge in [0.2, 0.25) is 0 Å². The second-order valence-electron chi connectivity index (χ2n) is 8.17. The summed E-state index contributed by atoms with van der Waals surface area (Å²) in [5, 5.41) is 13.1. The number of carboxylic acid groups (broad SMARTS) is 1. The van der Waals surface area contributed by atoms with Crippen LogP contribution in [0.25, 0.3) is 22.6 Å². The molecule has 0 atom stereocenters. The van der Waals surface area contributed by atoms with E-state index in [-0.39, 0.29) is 6.42 Å². The second kappa shape index (κ2) is 10.7. The summed E-state index contributed by atoms with van der Waals surface area (Å²) in [6.07, 6.45) is 4.84. The van der Waals surface area contributed by atoms with Gasteiger partial charge >= 0.3 is 5.97 Å². The van der Waals surface area contributed by atoms with Crippen LogP contribution in [0.15, 0.2) is 87.5 Å². The van der Waals surface area contributed by atoms with Crippen LogP contribution in [-0.2, 0) is 11.2 Å². The van der Waals surface area contributed by atoms with Crippen LogP contribution in [0, 0.1) is 6.92 Å². The predicted molar refractivity (Wildman–Crippen MR) is 130 cm³/mol. The van der Waals surface area contributed by atoms with Crippen molar-refractivity contribution in [3.8, 4) is 28.4 Å². The number of aryl methyl sites for hydroxylation is 1. The minimum atomic E-state index is -0.797. The Morgan fingerprint density at radius 2 is 1.79 bits per heavy atom. The Morgan fingerprint density at radius 3 is 2.53 bits per heavy atom. The molecular weight excluding hydrogens is 430 g/mol. The summed E-state index contributed by atoms with van der Waals surface area (Å²) in [6.45, 7) is 4.24. The van der Waals surface area contributed by atoms with Gasteiger partial charge in [0, 0.05) is 29.5 Å². The van der Waals surface area contributed by atoms with Crippen molar-refractivity contribution in [3.05, 3.63) is 95.4 Å². The molecular formula is C28H27NO5. The minimum absolute atomic E-state index is 0.122. The monoisotopic (exact) mass is 457 g/mol. The molecule has 174 valence electrons. The quantitative estimate of drug-likeness (QED) is 0.267. The molecule has 6 heteroatoms. The van der Waals surface area contributed by atoms with Gasteiger partial charge < -0.3 is 18.8 Å². The second-order valence-corrected chi connectivity index (χ2v) is 8.17. The number of aliphatic carboxylic acids is 1. The average molecular weight is 458 g/mol. The molecule has 0 saturated carbocycles. The van der Waals surface area contributed by atoms with Crippen molar-refractivity contribution in [1.29, 1.82) is 0 Å². The summed E-state index contributed by atoms with van der Waals surface area (Å²) in [6, 6.07) is 19.7. The summed E-state index contributed by atoms with van der Waals surface area (Å²) in [7, 11) is 0. The summed E-state index contributed by atoms with van der Waals surface area (Å²) in [5.74, 6) is 1.54. The van der Waals surface area contributed by atoms with Gasteiger partial charge in [-0.25, -0.2) is 0 Å². The van der Waals surface area contributed by atoms with Crippen LogP contribution >= 0.6 is 0 Å². The molecule has 0 fully saturated rings. The molecule has 2 aromatic heterocycles. The van der Waals surface area contributed by atoms with Gasteiger partial charge in [0.05, 0.1) is 12.0 Å². The Hall–Kier alpha value is -4.06. The fourth-order valence-electron chi connectivity index (χ4n) is 3.71. The topological polar surface area (TPSA) is 85.7 Å². The third-order valence-corrected chi connectivity index (χ3v) is 5.68. The highest BCUT2D eigenvalue weighted by Crippen LogP contribution is 2.32. The number of aromatic nitrogens is 1. The van der Waals surface area contributed by atoms with Crippen molar-refractivity contribution in [2.75, 3.05) is 6.61 Å². The summed E-state index contributed by atoms with van der Waals surface area (Å²) >= 11 is 0. The van der Waals surface area contributed by atoms with Crippen LogP contribution in [0.4, 0.5) is 0 Å². The lowest BCUT2D eigenvalue weighted by Crippen LogP contribution is -2.01. The lowest BCUT2D eigenvalue weighted by molar-refractivity contribution is -0.136. The Kier molecular flexibility index (Phi) is 7.28. The number of para-hydroxylation sites is 1. The van der Waals surface area contributed by atoms with E-state index in [2.05, 4.69) is 5.16 Å². The van der Waals surface area contributed by atoms with E-state index in [0.717, 1.165) is 50.8 Å². The molecule has 2 aromatic carbocycles. The minimum Gasteiger partial charge on any atom is -0.489 e. The largest absolute Gasteiger partial charge is 0.489 e. The molecule has 0 bridgehead atoms. The van der Waals surface area contributed by atoms with Gasteiger partial charge in [-0.05, 0) is 50.1 Å². The molecule has 0 aliphatic heterocycles. The number of hydrogen-bond acceptors (Lipinski definition) is 5. The highest BCUT2D eigenvalue weighted by atomic mass is 16.5. The number of furan rings is 1. The lowest BCUT2D eigenvalue weighted by atomic mass is 9.98. The van der Waals surface area contributed by atoms with Crippen LogP contribution in [0.5, 0.6) is 5.75 Å². The molecule has 0 unspecified atom stereocenters.